The van der Waals surface area contributed by atoms with Gasteiger partial charge in [-0.2, -0.15) is 0 Å². The molecule has 5 aliphatic carbocycles. The number of aliphatic hydroxyl groups excluding tert-OH is 14. The van der Waals surface area contributed by atoms with Crippen LogP contribution in [0, 0.1) is 50.2 Å². The number of fused-ring (bicyclic) bond motifs is 7. The van der Waals surface area contributed by atoms with Crippen molar-refractivity contribution < 1.29 is 157 Å². The molecule has 15 N–H and O–H groups in total. The number of esters is 2. The van der Waals surface area contributed by atoms with Crippen molar-refractivity contribution in [3.8, 4) is 0 Å². The van der Waals surface area contributed by atoms with Crippen molar-refractivity contribution in [3.63, 3.8) is 0 Å². The number of aliphatic hydroxyl groups is 14. The molecule has 37 atom stereocenters. The van der Waals surface area contributed by atoms with Gasteiger partial charge in [-0.15, -0.1) is 0 Å². The van der Waals surface area contributed by atoms with Crippen LogP contribution in [0.3, 0.4) is 0 Å². The van der Waals surface area contributed by atoms with Crippen LogP contribution in [0.4, 0.5) is 0 Å². The minimum Gasteiger partial charge on any atom is -0.479 e. The van der Waals surface area contributed by atoms with Crippen molar-refractivity contribution in [2.24, 2.45) is 50.2 Å². The number of hydrogen-bond donors (Lipinski definition) is 15. The molecule has 0 unspecified atom stereocenters. The maximum Gasteiger partial charge on any atom is 0.335 e. The number of rotatable bonds is 17. The lowest BCUT2D eigenvalue weighted by Gasteiger charge is -2.71. The Labute approximate surface area is 566 Å². The van der Waals surface area contributed by atoms with Crippen molar-refractivity contribution >= 4 is 24.2 Å². The number of aliphatic carboxylic acids is 1. The number of carboxylic acid groups (broad SMARTS) is 1. The average Bonchev–Trinajstić information content (AvgIpc) is 0.758. The number of aldehydes is 1. The minimum absolute atomic E-state index is 0.0804. The van der Waals surface area contributed by atoms with Crippen LogP contribution in [0.15, 0.2) is 11.6 Å². The number of hydrogen-bond acceptors (Lipinski definition) is 31. The van der Waals surface area contributed by atoms with Gasteiger partial charge in [-0.05, 0) is 117 Å². The van der Waals surface area contributed by atoms with Crippen molar-refractivity contribution in [1.29, 1.82) is 0 Å². The summed E-state index contributed by atoms with van der Waals surface area (Å²) in [5.41, 5.74) is -3.39. The van der Waals surface area contributed by atoms with Crippen LogP contribution in [-0.4, -0.2) is 299 Å². The molecule has 32 nitrogen and oxygen atoms in total. The predicted octanol–water partition coefficient (Wildman–Crippen LogP) is -3.21. The van der Waals surface area contributed by atoms with Crippen molar-refractivity contribution in [3.05, 3.63) is 11.6 Å². The highest BCUT2D eigenvalue weighted by molar-refractivity contribution is 5.79. The Kier molecular flexibility index (Phi) is 22.0. The molecule has 0 spiro atoms. The summed E-state index contributed by atoms with van der Waals surface area (Å²) in [4.78, 5) is 55.5. The van der Waals surface area contributed by atoms with Gasteiger partial charge in [-0.3, -0.25) is 9.59 Å². The molecule has 0 radical (unpaired) electrons. The third-order valence-electron chi connectivity index (χ3n) is 25.0. The molecular formula is C66H102O32. The van der Waals surface area contributed by atoms with Gasteiger partial charge < -0.3 is 143 Å². The Balaban J connectivity index is 0.878. The lowest BCUT2D eigenvalue weighted by Crippen LogP contribution is -2.68. The predicted molar refractivity (Wildman–Crippen MR) is 324 cm³/mol. The van der Waals surface area contributed by atoms with Crippen molar-refractivity contribution in [1.82, 2.24) is 0 Å². The molecule has 11 rings (SSSR count). The number of ether oxygens (including phenoxy) is 13. The fourth-order valence-electron chi connectivity index (χ4n) is 19.1. The Bertz CT molecular complexity index is 2890. The van der Waals surface area contributed by atoms with E-state index >= 15 is 4.79 Å². The summed E-state index contributed by atoms with van der Waals surface area (Å²) in [7, 11) is 0. The lowest BCUT2D eigenvalue weighted by molar-refractivity contribution is -0.382. The monoisotopic (exact) mass is 1410 g/mol. The molecule has 6 saturated heterocycles. The zero-order chi connectivity index (χ0) is 71.6. The second-order valence-electron chi connectivity index (χ2n) is 31.2. The van der Waals surface area contributed by atoms with E-state index in [4.69, 9.17) is 61.6 Å². The van der Waals surface area contributed by atoms with E-state index < -0.39 is 249 Å². The summed E-state index contributed by atoms with van der Waals surface area (Å²) < 4.78 is 79.1. The van der Waals surface area contributed by atoms with Gasteiger partial charge in [0.2, 0.25) is 6.29 Å². The van der Waals surface area contributed by atoms with E-state index in [1.807, 2.05) is 0 Å². The van der Waals surface area contributed by atoms with Gasteiger partial charge in [-0.1, -0.05) is 53.2 Å². The molecule has 0 bridgehead atoms. The molecular weight excluding hydrogens is 1300 g/mol. The molecule has 6 heterocycles. The highest BCUT2D eigenvalue weighted by Crippen LogP contribution is 2.76. The largest absolute Gasteiger partial charge is 0.479 e. The summed E-state index contributed by atoms with van der Waals surface area (Å²) >= 11 is 0. The van der Waals surface area contributed by atoms with Crippen LogP contribution in [-0.2, 0) is 80.8 Å². The van der Waals surface area contributed by atoms with E-state index in [0.29, 0.717) is 57.8 Å². The van der Waals surface area contributed by atoms with Gasteiger partial charge in [-0.25, -0.2) is 4.79 Å². The van der Waals surface area contributed by atoms with E-state index in [-0.39, 0.29) is 23.7 Å². The fourth-order valence-corrected chi connectivity index (χ4v) is 19.1. The fraction of sp³-hybridized carbons (Fsp3) is 0.909. The highest BCUT2D eigenvalue weighted by atomic mass is 16.8. The summed E-state index contributed by atoms with van der Waals surface area (Å²) in [6, 6.07) is 0. The summed E-state index contributed by atoms with van der Waals surface area (Å²) in [5, 5.41) is 162. The molecule has 0 aromatic rings. The molecule has 4 saturated carbocycles. The Morgan fingerprint density at radius 1 is 0.541 bits per heavy atom. The van der Waals surface area contributed by atoms with Gasteiger partial charge in [0.15, 0.2) is 49.8 Å². The van der Waals surface area contributed by atoms with Gasteiger partial charge >= 0.3 is 17.9 Å². The molecule has 11 aliphatic rings. The molecule has 0 aromatic carbocycles. The van der Waals surface area contributed by atoms with E-state index in [0.717, 1.165) is 18.8 Å². The quantitative estimate of drug-likeness (QED) is 0.0295. The Morgan fingerprint density at radius 3 is 1.72 bits per heavy atom. The van der Waals surface area contributed by atoms with Crippen LogP contribution >= 0.6 is 0 Å². The summed E-state index contributed by atoms with van der Waals surface area (Å²) in [5.74, 6) is -4.07. The first-order valence-electron chi connectivity index (χ1n) is 34.3. The number of allylic oxidation sites excluding steroid dienone is 2. The molecule has 6 aliphatic heterocycles. The van der Waals surface area contributed by atoms with Gasteiger partial charge in [0.25, 0.3) is 0 Å². The maximum absolute atomic E-state index is 16.1. The first-order valence-corrected chi connectivity index (χ1v) is 34.3. The molecule has 558 valence electrons. The van der Waals surface area contributed by atoms with Crippen LogP contribution in [0.1, 0.15) is 127 Å². The third-order valence-corrected chi connectivity index (χ3v) is 25.0. The van der Waals surface area contributed by atoms with E-state index in [1.54, 1.807) is 6.92 Å². The zero-order valence-corrected chi connectivity index (χ0v) is 56.5. The van der Waals surface area contributed by atoms with Gasteiger partial charge in [0.1, 0.15) is 110 Å². The number of carbonyl (C=O) groups is 4. The molecule has 0 aromatic heterocycles. The second-order valence-corrected chi connectivity index (χ2v) is 31.2. The van der Waals surface area contributed by atoms with Gasteiger partial charge in [0, 0.05) is 6.92 Å². The van der Waals surface area contributed by atoms with Crippen LogP contribution in [0.5, 0.6) is 0 Å². The first-order chi connectivity index (χ1) is 46.0. The smallest absolute Gasteiger partial charge is 0.335 e. The zero-order valence-electron chi connectivity index (χ0n) is 56.5. The standard InChI is InChI=1S/C66H102O32/c1-25-47(93-54-43(79)36(72)30(71)23-86-54)42(78)46(82)55(87-25)97-52-51(96-56-44(80)38(74)32(22-68)91-56)48(89-27(3)70)26(2)88-59(52)98-60(85)66-18-16-61(4,5)20-29(66)28-10-11-34-62(6)14-13-35(63(7,24-69)33(62)12-15-65(34,9)64(28,8)17-19-66)92-58-50(41(77)40(76)49(94-58)53(83)84)95-57-45(81)39(75)37(73)31(21-67)90-57/h10,24-26,29-52,54-59,67-68,71-82H,11-23H2,1-9H3,(H,83,84)/t25-,26+,29-,30+,31+,32+,33+,34-,35-,36-,37-,38-,39-,40-,41-,42-,43+,44+,45+,46+,47-,48-,49-,50+,51-,52+,54-,55-,56-,57-,58+,59-,62-,63-,64+,65+,66-/m0/s1. The number of carbonyl (C=O) groups excluding carboxylic acids is 3. The van der Waals surface area contributed by atoms with Crippen LogP contribution < -0.4 is 0 Å². The summed E-state index contributed by atoms with van der Waals surface area (Å²) in [6.45, 7) is 14.8. The molecule has 10 fully saturated rings. The van der Waals surface area contributed by atoms with Crippen LogP contribution in [0.2, 0.25) is 0 Å². The minimum atomic E-state index is -2.11. The summed E-state index contributed by atoms with van der Waals surface area (Å²) in [6.07, 6.45) is -41.7. The van der Waals surface area contributed by atoms with Crippen LogP contribution in [0.25, 0.3) is 0 Å². The van der Waals surface area contributed by atoms with Crippen molar-refractivity contribution in [2.45, 2.75) is 305 Å². The SMILES string of the molecule is CC(=O)O[C@@H]1[C@H](O[C@@H]2O[C@H](CO)[C@H](O)[C@H]2O)[C@@H](O[C@@H]2O[C@@H](C)[C@H](O[C@@H]3OC[C@@H](O)[C@H](O)[C@H]3O)[C@@H](O)[C@H]2O)[C@H](OC(=O)[C@]23CCC(C)(C)C[C@H]2C2=CC[C@H]4[C@@]5(C)CC[C@H](O[C@@H]6O[C@H](C(=O)O)[C@@H](O)[C@H](O)[C@H]6O[C@@H]6O[C@H](CO)[C@H](O)[C@H](O)[C@H]6O)[C@@](C)(C=O)[C@@H]5CC[C@@]4(C)[C@]2(C)CC3)O[C@@H]1C. The molecule has 32 heteroatoms. The Hall–Kier alpha value is -3.18. The topological polar surface area (TPSA) is 492 Å². The van der Waals surface area contributed by atoms with Gasteiger partial charge in [0.05, 0.1) is 49.0 Å². The first kappa shape index (κ1) is 76.0. The van der Waals surface area contributed by atoms with Crippen molar-refractivity contribution in [2.75, 3.05) is 19.8 Å². The second kappa shape index (κ2) is 28.4. The Morgan fingerprint density at radius 2 is 1.09 bits per heavy atom. The number of carboxylic acids is 1. The maximum atomic E-state index is 16.1. The van der Waals surface area contributed by atoms with E-state index in [9.17, 15) is 91.0 Å². The normalized spacial score (nSPS) is 53.2. The third kappa shape index (κ3) is 13.0. The lowest BCUT2D eigenvalue weighted by atomic mass is 9.33. The average molecular weight is 1410 g/mol. The molecule has 0 amide bonds. The highest BCUT2D eigenvalue weighted by Gasteiger charge is 2.71. The van der Waals surface area contributed by atoms with E-state index in [2.05, 4.69) is 40.7 Å². The molecule has 98 heavy (non-hydrogen) atoms. The van der Waals surface area contributed by atoms with E-state index in [1.165, 1.54) is 13.8 Å².